The van der Waals surface area contributed by atoms with E-state index < -0.39 is 11.6 Å². The Labute approximate surface area is 107 Å². The largest absolute Gasteiger partial charge is 0.150 e. The van der Waals surface area contributed by atoms with Gasteiger partial charge in [-0.05, 0) is 20.3 Å². The van der Waals surface area contributed by atoms with E-state index in [0.717, 1.165) is 0 Å². The molecule has 4 nitrogen and oxygen atoms in total. The summed E-state index contributed by atoms with van der Waals surface area (Å²) in [6, 6.07) is -0.532. The molecule has 0 aliphatic heterocycles. The number of nitroso groups, excluding NO2 is 2. The minimum atomic E-state index is -0.818. The molecule has 0 saturated heterocycles. The zero-order chi connectivity index (χ0) is 11.7. The summed E-state index contributed by atoms with van der Waals surface area (Å²) in [7, 11) is 0. The third kappa shape index (κ3) is 5.92. The fourth-order valence-electron chi connectivity index (χ4n) is 0.871. The van der Waals surface area contributed by atoms with E-state index in [9.17, 15) is 9.81 Å². The van der Waals surface area contributed by atoms with Gasteiger partial charge in [0.25, 0.3) is 0 Å². The molecule has 0 spiro atoms. The summed E-state index contributed by atoms with van der Waals surface area (Å²) in [4.78, 5) is 20.2. The second-order valence-electron chi connectivity index (χ2n) is 3.55. The maximum atomic E-state index is 10.2. The van der Waals surface area contributed by atoms with E-state index >= 15 is 0 Å². The first kappa shape index (κ1) is 17.6. The molecule has 0 aromatic heterocycles. The molecular weight excluding hydrogens is 251 g/mol. The van der Waals surface area contributed by atoms with Gasteiger partial charge >= 0.3 is 0 Å². The van der Waals surface area contributed by atoms with Crippen LogP contribution >= 0.6 is 0 Å². The molecule has 0 heterocycles. The van der Waals surface area contributed by atoms with Gasteiger partial charge in [-0.15, -0.1) is 0 Å². The maximum absolute atomic E-state index is 10.2. The summed E-state index contributed by atoms with van der Waals surface area (Å²) >= 11 is 0. The van der Waals surface area contributed by atoms with Crippen molar-refractivity contribution in [3.8, 4) is 0 Å². The SMILES string of the molecule is CC[C@](C)(N=O)[C@@H](C)N=O.[CH]1C=CC=C1.[Co]. The second-order valence-corrected chi connectivity index (χ2v) is 3.55. The van der Waals surface area contributed by atoms with Gasteiger partial charge in [0.05, 0.1) is 0 Å². The molecule has 0 aromatic carbocycles. The van der Waals surface area contributed by atoms with E-state index in [1.807, 2.05) is 37.6 Å². The number of rotatable bonds is 4. The van der Waals surface area contributed by atoms with Crippen molar-refractivity contribution in [2.75, 3.05) is 0 Å². The first-order valence-electron chi connectivity index (χ1n) is 4.94. The van der Waals surface area contributed by atoms with Crippen LogP contribution in [0.3, 0.4) is 0 Å². The van der Waals surface area contributed by atoms with Crippen LogP contribution in [0, 0.1) is 16.2 Å². The van der Waals surface area contributed by atoms with Crippen molar-refractivity contribution < 1.29 is 16.8 Å². The molecule has 5 heteroatoms. The number of hydrogen-bond acceptors (Lipinski definition) is 4. The summed E-state index contributed by atoms with van der Waals surface area (Å²) in [5.74, 6) is 0. The van der Waals surface area contributed by atoms with Crippen molar-refractivity contribution in [3.63, 3.8) is 0 Å². The fourth-order valence-corrected chi connectivity index (χ4v) is 0.871. The molecular formula is C11H17CoN2O2. The number of hydrogen-bond donors (Lipinski definition) is 0. The van der Waals surface area contributed by atoms with Gasteiger partial charge in [-0.25, -0.2) is 0 Å². The minimum absolute atomic E-state index is 0. The van der Waals surface area contributed by atoms with Crippen LogP contribution in [-0.2, 0) is 16.8 Å². The van der Waals surface area contributed by atoms with Gasteiger partial charge in [0, 0.05) is 23.2 Å². The van der Waals surface area contributed by atoms with Crippen LogP contribution in [0.25, 0.3) is 0 Å². The van der Waals surface area contributed by atoms with E-state index in [-0.39, 0.29) is 16.8 Å². The molecule has 16 heavy (non-hydrogen) atoms. The average molecular weight is 268 g/mol. The van der Waals surface area contributed by atoms with Gasteiger partial charge in [-0.3, -0.25) is 0 Å². The van der Waals surface area contributed by atoms with E-state index in [1.54, 1.807) is 13.8 Å². The van der Waals surface area contributed by atoms with Crippen molar-refractivity contribution in [3.05, 3.63) is 40.5 Å². The molecule has 0 bridgehead atoms. The zero-order valence-corrected chi connectivity index (χ0v) is 10.8. The molecule has 0 fully saturated rings. The van der Waals surface area contributed by atoms with E-state index in [2.05, 4.69) is 10.4 Å². The first-order chi connectivity index (χ1) is 7.10. The molecule has 2 atom stereocenters. The van der Waals surface area contributed by atoms with Gasteiger partial charge in [0.15, 0.2) is 0 Å². The Morgan fingerprint density at radius 1 is 1.19 bits per heavy atom. The normalized spacial score (nSPS) is 17.4. The van der Waals surface area contributed by atoms with E-state index in [0.29, 0.717) is 6.42 Å². The van der Waals surface area contributed by atoms with Crippen molar-refractivity contribution in [1.82, 2.24) is 0 Å². The van der Waals surface area contributed by atoms with Crippen LogP contribution in [0.2, 0.25) is 0 Å². The second kappa shape index (κ2) is 9.42. The first-order valence-corrected chi connectivity index (χ1v) is 4.94. The number of allylic oxidation sites excluding steroid dienone is 4. The topological polar surface area (TPSA) is 58.9 Å². The standard InChI is InChI=1S/C6H12N2O2.C5H5.Co/c1-4-6(3,8-10)5(2)7-9;1-2-4-5-3-1;/h5H,4H2,1-3H3;1-5H;/t5-,6+;;/m1../s1. The molecule has 2 radical (unpaired) electrons. The molecule has 0 aromatic rings. The molecule has 1 aliphatic rings. The Balaban J connectivity index is 0. The molecule has 0 N–H and O–H groups in total. The summed E-state index contributed by atoms with van der Waals surface area (Å²) in [5, 5.41) is 5.62. The third-order valence-corrected chi connectivity index (χ3v) is 2.54. The zero-order valence-electron chi connectivity index (χ0n) is 9.72. The Kier molecular flexibility index (Phi) is 10.3. The monoisotopic (exact) mass is 268 g/mol. The van der Waals surface area contributed by atoms with Gasteiger partial charge < -0.3 is 0 Å². The summed E-state index contributed by atoms with van der Waals surface area (Å²) in [5.41, 5.74) is -0.818. The van der Waals surface area contributed by atoms with Crippen LogP contribution in [-0.4, -0.2) is 11.6 Å². The molecule has 0 saturated carbocycles. The third-order valence-electron chi connectivity index (χ3n) is 2.54. The summed E-state index contributed by atoms with van der Waals surface area (Å²) in [6.07, 6.45) is 10.5. The van der Waals surface area contributed by atoms with Crippen LogP contribution in [0.4, 0.5) is 0 Å². The van der Waals surface area contributed by atoms with Gasteiger partial charge in [0.2, 0.25) is 0 Å². The van der Waals surface area contributed by atoms with Crippen LogP contribution in [0.5, 0.6) is 0 Å². The van der Waals surface area contributed by atoms with Crippen molar-refractivity contribution in [1.29, 1.82) is 0 Å². The van der Waals surface area contributed by atoms with Gasteiger partial charge in [-0.2, -0.15) is 9.81 Å². The van der Waals surface area contributed by atoms with Crippen molar-refractivity contribution in [2.45, 2.75) is 38.8 Å². The summed E-state index contributed by atoms with van der Waals surface area (Å²) < 4.78 is 0. The van der Waals surface area contributed by atoms with Gasteiger partial charge in [0.1, 0.15) is 11.6 Å². The van der Waals surface area contributed by atoms with Crippen molar-refractivity contribution in [2.24, 2.45) is 10.4 Å². The molecule has 92 valence electrons. The smallest absolute Gasteiger partial charge is 0.125 e. The molecule has 0 unspecified atom stereocenters. The molecule has 1 rings (SSSR count). The van der Waals surface area contributed by atoms with Crippen LogP contribution in [0.15, 0.2) is 34.7 Å². The predicted molar refractivity (Wildman–Crippen MR) is 62.3 cm³/mol. The Morgan fingerprint density at radius 3 is 1.81 bits per heavy atom. The minimum Gasteiger partial charge on any atom is -0.150 e. The maximum Gasteiger partial charge on any atom is 0.125 e. The quantitative estimate of drug-likeness (QED) is 0.734. The Morgan fingerprint density at radius 2 is 1.69 bits per heavy atom. The summed E-state index contributed by atoms with van der Waals surface area (Å²) in [6.45, 7) is 5.03. The number of nitrogens with zero attached hydrogens (tertiary/aromatic N) is 2. The fraction of sp³-hybridized carbons (Fsp3) is 0.545. The van der Waals surface area contributed by atoms with E-state index in [4.69, 9.17) is 0 Å². The Hall–Kier alpha value is -0.814. The van der Waals surface area contributed by atoms with Crippen molar-refractivity contribution >= 4 is 0 Å². The van der Waals surface area contributed by atoms with Crippen LogP contribution < -0.4 is 0 Å². The Bertz CT molecular complexity index is 257. The van der Waals surface area contributed by atoms with E-state index in [1.165, 1.54) is 0 Å². The molecule has 1 aliphatic carbocycles. The predicted octanol–water partition coefficient (Wildman–Crippen LogP) is 3.39. The van der Waals surface area contributed by atoms with Gasteiger partial charge in [-0.1, -0.05) is 41.6 Å². The average Bonchev–Trinajstić information content (AvgIpc) is 2.85. The van der Waals surface area contributed by atoms with Crippen LogP contribution in [0.1, 0.15) is 27.2 Å². The molecule has 0 amide bonds.